The normalized spacial score (nSPS) is 34.0. The quantitative estimate of drug-likeness (QED) is 0.616. The van der Waals surface area contributed by atoms with Crippen molar-refractivity contribution in [2.24, 2.45) is 5.92 Å². The van der Waals surface area contributed by atoms with Crippen molar-refractivity contribution in [3.05, 3.63) is 17.7 Å². The summed E-state index contributed by atoms with van der Waals surface area (Å²) in [6, 6.07) is 2.95. The molecule has 0 saturated carbocycles. The van der Waals surface area contributed by atoms with Gasteiger partial charge in [-0.2, -0.15) is 0 Å². The molecule has 0 aliphatic carbocycles. The second-order valence-corrected chi connectivity index (χ2v) is 6.26. The number of carbonyl (C=O) groups is 2. The summed E-state index contributed by atoms with van der Waals surface area (Å²) in [4.78, 5) is 22.6. The van der Waals surface area contributed by atoms with Crippen LogP contribution in [0.3, 0.4) is 0 Å². The highest BCUT2D eigenvalue weighted by molar-refractivity contribution is 5.73. The first-order valence-electron chi connectivity index (χ1n) is 7.46. The van der Waals surface area contributed by atoms with Crippen LogP contribution in [-0.4, -0.2) is 35.0 Å². The molecule has 122 valence electrons. The Morgan fingerprint density at radius 2 is 2.17 bits per heavy atom. The molecule has 0 unspecified atom stereocenters. The third-order valence-corrected chi connectivity index (χ3v) is 4.61. The minimum absolute atomic E-state index is 0.0139. The standard InChI is InChI=1S/C16H16O7/c1-7(17)20-8-3-11(18)9-5-13-15(21-12(9)4-8)10-6-14(19)23-16(10,2)22-13/h3-4,10,13,15,18H,5-6H2,1-2H3/t10-,13-,15-,16-/m1/s1. The topological polar surface area (TPSA) is 91.3 Å². The Kier molecular flexibility index (Phi) is 2.87. The largest absolute Gasteiger partial charge is 0.507 e. The molecular formula is C16H16O7. The van der Waals surface area contributed by atoms with E-state index < -0.39 is 11.8 Å². The van der Waals surface area contributed by atoms with E-state index in [1.165, 1.54) is 13.0 Å². The molecule has 3 aliphatic rings. The van der Waals surface area contributed by atoms with E-state index in [1.54, 1.807) is 13.0 Å². The van der Waals surface area contributed by atoms with Gasteiger partial charge in [0.15, 0.2) is 0 Å². The van der Waals surface area contributed by atoms with Crippen molar-refractivity contribution in [3.8, 4) is 17.2 Å². The van der Waals surface area contributed by atoms with Crippen molar-refractivity contribution >= 4 is 11.9 Å². The molecule has 0 aromatic heterocycles. The molecule has 1 aromatic rings. The first-order valence-corrected chi connectivity index (χ1v) is 7.46. The molecule has 23 heavy (non-hydrogen) atoms. The second-order valence-electron chi connectivity index (χ2n) is 6.26. The average Bonchev–Trinajstić information content (AvgIpc) is 2.85. The number of carbonyl (C=O) groups excluding carboxylic acids is 2. The number of esters is 2. The SMILES string of the molecule is CC(=O)Oc1cc(O)c2c(c1)O[C@@H]1[C@H]3CC(=O)O[C@@]3(C)O[C@@H]1C2. The molecular weight excluding hydrogens is 304 g/mol. The van der Waals surface area contributed by atoms with Crippen LogP contribution in [0.2, 0.25) is 0 Å². The fraction of sp³-hybridized carbons (Fsp3) is 0.500. The summed E-state index contributed by atoms with van der Waals surface area (Å²) < 4.78 is 22.2. The van der Waals surface area contributed by atoms with E-state index in [1.807, 2.05) is 0 Å². The van der Waals surface area contributed by atoms with Gasteiger partial charge in [-0.05, 0) is 0 Å². The summed E-state index contributed by atoms with van der Waals surface area (Å²) in [7, 11) is 0. The lowest BCUT2D eigenvalue weighted by atomic mass is 9.89. The van der Waals surface area contributed by atoms with Gasteiger partial charge in [0.05, 0.1) is 12.3 Å². The highest BCUT2D eigenvalue weighted by Crippen LogP contribution is 2.50. The van der Waals surface area contributed by atoms with E-state index in [9.17, 15) is 14.7 Å². The third-order valence-electron chi connectivity index (χ3n) is 4.61. The zero-order valence-electron chi connectivity index (χ0n) is 12.7. The lowest BCUT2D eigenvalue weighted by molar-refractivity contribution is -0.206. The van der Waals surface area contributed by atoms with Crippen LogP contribution in [0.5, 0.6) is 17.2 Å². The summed E-state index contributed by atoms with van der Waals surface area (Å²) in [6.07, 6.45) is 0.0420. The minimum Gasteiger partial charge on any atom is -0.507 e. The molecule has 4 atom stereocenters. The van der Waals surface area contributed by atoms with Gasteiger partial charge in [0.2, 0.25) is 5.79 Å². The fourth-order valence-electron chi connectivity index (χ4n) is 3.67. The number of rotatable bonds is 1. The first kappa shape index (κ1) is 14.3. The number of hydrogen-bond acceptors (Lipinski definition) is 7. The van der Waals surface area contributed by atoms with Gasteiger partial charge < -0.3 is 24.1 Å². The van der Waals surface area contributed by atoms with Crippen LogP contribution in [0.25, 0.3) is 0 Å². The maximum absolute atomic E-state index is 11.6. The van der Waals surface area contributed by atoms with Crippen molar-refractivity contribution in [3.63, 3.8) is 0 Å². The van der Waals surface area contributed by atoms with Gasteiger partial charge in [-0.25, -0.2) is 0 Å². The Bertz CT molecular complexity index is 713. The van der Waals surface area contributed by atoms with Crippen LogP contribution in [0.1, 0.15) is 25.8 Å². The number of aromatic hydroxyl groups is 1. The van der Waals surface area contributed by atoms with Crippen LogP contribution in [0.4, 0.5) is 0 Å². The lowest BCUT2D eigenvalue weighted by Gasteiger charge is -2.30. The van der Waals surface area contributed by atoms with Gasteiger partial charge in [-0.1, -0.05) is 0 Å². The monoisotopic (exact) mass is 320 g/mol. The number of ether oxygens (including phenoxy) is 4. The molecule has 0 bridgehead atoms. The van der Waals surface area contributed by atoms with Crippen molar-refractivity contribution in [1.29, 1.82) is 0 Å². The first-order chi connectivity index (χ1) is 10.9. The van der Waals surface area contributed by atoms with Crippen molar-refractivity contribution in [2.45, 2.75) is 44.7 Å². The molecule has 1 aromatic carbocycles. The Morgan fingerprint density at radius 1 is 1.39 bits per heavy atom. The Labute approximate surface area is 132 Å². The number of phenols is 1. The molecule has 0 radical (unpaired) electrons. The van der Waals surface area contributed by atoms with Crippen LogP contribution in [-0.2, 0) is 25.5 Å². The van der Waals surface area contributed by atoms with Crippen LogP contribution in [0.15, 0.2) is 12.1 Å². The highest BCUT2D eigenvalue weighted by Gasteiger charge is 2.61. The van der Waals surface area contributed by atoms with Crippen molar-refractivity contribution in [2.75, 3.05) is 0 Å². The van der Waals surface area contributed by atoms with Crippen LogP contribution < -0.4 is 9.47 Å². The molecule has 4 rings (SSSR count). The number of fused-ring (bicyclic) bond motifs is 4. The van der Waals surface area contributed by atoms with Gasteiger partial charge in [0.25, 0.3) is 0 Å². The molecule has 7 nitrogen and oxygen atoms in total. The maximum Gasteiger partial charge on any atom is 0.308 e. The third kappa shape index (κ3) is 2.15. The van der Waals surface area contributed by atoms with E-state index in [4.69, 9.17) is 18.9 Å². The van der Waals surface area contributed by atoms with Crippen LogP contribution >= 0.6 is 0 Å². The summed E-state index contributed by atoms with van der Waals surface area (Å²) in [5.41, 5.74) is 0.594. The van der Waals surface area contributed by atoms with Crippen molar-refractivity contribution in [1.82, 2.24) is 0 Å². The lowest BCUT2D eigenvalue weighted by Crippen LogP contribution is -2.38. The second kappa shape index (κ2) is 4.61. The minimum atomic E-state index is -0.983. The van der Waals surface area contributed by atoms with E-state index in [2.05, 4.69) is 0 Å². The molecule has 7 heteroatoms. The molecule has 3 heterocycles. The summed E-state index contributed by atoms with van der Waals surface area (Å²) in [5.74, 6) is -1.33. The van der Waals surface area contributed by atoms with E-state index in [0.717, 1.165) is 0 Å². The molecule has 1 N–H and O–H groups in total. The predicted molar refractivity (Wildman–Crippen MR) is 75.0 cm³/mol. The van der Waals surface area contributed by atoms with Gasteiger partial charge in [0.1, 0.15) is 29.5 Å². The fourth-order valence-corrected chi connectivity index (χ4v) is 3.67. The zero-order chi connectivity index (χ0) is 16.4. The molecule has 2 fully saturated rings. The smallest absolute Gasteiger partial charge is 0.308 e. The molecule has 3 aliphatic heterocycles. The number of phenolic OH excluding ortho intramolecular Hbond substituents is 1. The van der Waals surface area contributed by atoms with Gasteiger partial charge >= 0.3 is 11.9 Å². The summed E-state index contributed by atoms with van der Waals surface area (Å²) >= 11 is 0. The molecule has 0 spiro atoms. The maximum atomic E-state index is 11.6. The Balaban J connectivity index is 1.67. The van der Waals surface area contributed by atoms with Gasteiger partial charge in [-0.15, -0.1) is 0 Å². The predicted octanol–water partition coefficient (Wildman–Crippen LogP) is 1.30. The van der Waals surface area contributed by atoms with Gasteiger partial charge in [-0.3, -0.25) is 9.59 Å². The van der Waals surface area contributed by atoms with Gasteiger partial charge in [0, 0.05) is 38.0 Å². The Morgan fingerprint density at radius 3 is 2.91 bits per heavy atom. The van der Waals surface area contributed by atoms with Crippen molar-refractivity contribution < 1.29 is 33.6 Å². The highest BCUT2D eigenvalue weighted by atomic mass is 16.7. The Hall–Kier alpha value is -2.28. The van der Waals surface area contributed by atoms with E-state index in [0.29, 0.717) is 17.7 Å². The zero-order valence-corrected chi connectivity index (χ0v) is 12.7. The number of hydrogen-bond donors (Lipinski definition) is 1. The van der Waals surface area contributed by atoms with E-state index in [-0.39, 0.29) is 42.0 Å². The summed E-state index contributed by atoms with van der Waals surface area (Å²) in [5, 5.41) is 10.2. The number of benzene rings is 1. The van der Waals surface area contributed by atoms with E-state index >= 15 is 0 Å². The summed E-state index contributed by atoms with van der Waals surface area (Å²) in [6.45, 7) is 3.02. The molecule has 2 saturated heterocycles. The molecule has 0 amide bonds. The average molecular weight is 320 g/mol. The van der Waals surface area contributed by atoms with Crippen LogP contribution in [0, 0.1) is 5.92 Å².